The molecule has 0 atom stereocenters. The van der Waals surface area contributed by atoms with Gasteiger partial charge in [-0.15, -0.1) is 0 Å². The molecule has 1 amide bonds. The highest BCUT2D eigenvalue weighted by molar-refractivity contribution is 6.30. The van der Waals surface area contributed by atoms with Crippen molar-refractivity contribution >= 4 is 39.7 Å². The van der Waals surface area contributed by atoms with E-state index in [2.05, 4.69) is 15.3 Å². The van der Waals surface area contributed by atoms with E-state index in [-0.39, 0.29) is 27.7 Å². The van der Waals surface area contributed by atoms with Gasteiger partial charge in [0.05, 0.1) is 27.5 Å². The molecule has 0 saturated carbocycles. The molecule has 0 aliphatic heterocycles. The molecule has 3 aromatic heterocycles. The number of amides is 1. The first-order valence-electron chi connectivity index (χ1n) is 10.4. The Bertz CT molecular complexity index is 1600. The third-order valence-electron chi connectivity index (χ3n) is 5.43. The largest absolute Gasteiger partial charge is 0.485 e. The number of aryl methyl sites for hydroxylation is 1. The van der Waals surface area contributed by atoms with Crippen molar-refractivity contribution in [2.45, 2.75) is 13.5 Å². The zero-order chi connectivity index (χ0) is 24.7. The van der Waals surface area contributed by atoms with Crippen LogP contribution in [-0.2, 0) is 6.61 Å². The first-order valence-corrected chi connectivity index (χ1v) is 10.8. The van der Waals surface area contributed by atoms with Crippen molar-refractivity contribution in [2.24, 2.45) is 0 Å². The summed E-state index contributed by atoms with van der Waals surface area (Å²) in [5, 5.41) is 3.41. The Labute approximate surface area is 202 Å². The maximum Gasteiger partial charge on any atom is 0.274 e. The van der Waals surface area contributed by atoms with Crippen molar-refractivity contribution in [2.75, 3.05) is 5.32 Å². The first kappa shape index (κ1) is 22.7. The summed E-state index contributed by atoms with van der Waals surface area (Å²) in [5.74, 6) is -2.35. The quantitative estimate of drug-likeness (QED) is 0.319. The lowest BCUT2D eigenvalue weighted by Gasteiger charge is -2.11. The number of anilines is 1. The zero-order valence-electron chi connectivity index (χ0n) is 18.2. The van der Waals surface area contributed by atoms with Crippen molar-refractivity contribution in [1.82, 2.24) is 14.4 Å². The first-order chi connectivity index (χ1) is 16.8. The maximum absolute atomic E-state index is 14.0. The number of ether oxygens (including phenoxy) is 1. The molecule has 0 aliphatic rings. The maximum atomic E-state index is 14.0. The Morgan fingerprint density at radius 2 is 1.89 bits per heavy atom. The van der Waals surface area contributed by atoms with Gasteiger partial charge in [0.15, 0.2) is 11.4 Å². The van der Waals surface area contributed by atoms with Crippen LogP contribution in [0.5, 0.6) is 5.75 Å². The molecule has 10 heteroatoms. The van der Waals surface area contributed by atoms with Gasteiger partial charge in [0.2, 0.25) is 0 Å². The second kappa shape index (κ2) is 8.92. The van der Waals surface area contributed by atoms with Gasteiger partial charge in [-0.3, -0.25) is 14.2 Å². The highest BCUT2D eigenvalue weighted by Crippen LogP contribution is 2.29. The van der Waals surface area contributed by atoms with Gasteiger partial charge >= 0.3 is 0 Å². The van der Waals surface area contributed by atoms with Crippen molar-refractivity contribution in [1.29, 1.82) is 0 Å². The number of carbonyl (C=O) groups is 1. The van der Waals surface area contributed by atoms with Gasteiger partial charge in [0.1, 0.15) is 29.8 Å². The van der Waals surface area contributed by atoms with Crippen LogP contribution in [0, 0.1) is 24.4 Å². The summed E-state index contributed by atoms with van der Waals surface area (Å²) in [6, 6.07) is 10.6. The minimum absolute atomic E-state index is 0.138. The highest BCUT2D eigenvalue weighted by Gasteiger charge is 2.21. The Kier molecular flexibility index (Phi) is 5.78. The normalized spacial score (nSPS) is 11.2. The van der Waals surface area contributed by atoms with Crippen LogP contribution in [-0.4, -0.2) is 20.3 Å². The number of nitrogens with one attached hydrogen (secondary N) is 1. The van der Waals surface area contributed by atoms with E-state index in [4.69, 9.17) is 16.3 Å². The fourth-order valence-corrected chi connectivity index (χ4v) is 4.00. The summed E-state index contributed by atoms with van der Waals surface area (Å²) < 4.78 is 48.9. The summed E-state index contributed by atoms with van der Waals surface area (Å²) in [6.45, 7) is 1.22. The molecule has 1 N–H and O–H groups in total. The molecule has 0 aliphatic carbocycles. The highest BCUT2D eigenvalue weighted by atomic mass is 35.5. The SMILES string of the molecule is Cc1nc2c(OCc3c(F)cccc3F)cc(Cl)cn2c1C(=O)Nc1ccnc2ccc(F)cc12. The number of hydrogen-bond donors (Lipinski definition) is 1. The summed E-state index contributed by atoms with van der Waals surface area (Å²) >= 11 is 6.25. The molecule has 5 aromatic rings. The smallest absolute Gasteiger partial charge is 0.274 e. The minimum Gasteiger partial charge on any atom is -0.485 e. The van der Waals surface area contributed by atoms with Gasteiger partial charge in [0, 0.05) is 23.8 Å². The molecular formula is C25H16ClF3N4O2. The Hall–Kier alpha value is -4.11. The average Bonchev–Trinajstić information content (AvgIpc) is 3.14. The molecule has 6 nitrogen and oxygen atoms in total. The predicted molar refractivity (Wildman–Crippen MR) is 125 cm³/mol. The molecule has 2 aromatic carbocycles. The number of benzene rings is 2. The Morgan fingerprint density at radius 3 is 2.66 bits per heavy atom. The summed E-state index contributed by atoms with van der Waals surface area (Å²) in [4.78, 5) is 21.8. The number of pyridine rings is 2. The van der Waals surface area contributed by atoms with Crippen LogP contribution in [0.4, 0.5) is 18.9 Å². The Morgan fingerprint density at radius 1 is 1.11 bits per heavy atom. The topological polar surface area (TPSA) is 68.5 Å². The fraction of sp³-hybridized carbons (Fsp3) is 0.0800. The Balaban J connectivity index is 1.51. The van der Waals surface area contributed by atoms with Gasteiger partial charge in [0.25, 0.3) is 5.91 Å². The van der Waals surface area contributed by atoms with E-state index in [1.807, 2.05) is 0 Å². The van der Waals surface area contributed by atoms with Crippen LogP contribution >= 0.6 is 11.6 Å². The van der Waals surface area contributed by atoms with Crippen molar-refractivity contribution < 1.29 is 22.7 Å². The van der Waals surface area contributed by atoms with Crippen molar-refractivity contribution in [3.05, 3.63) is 100 Å². The molecule has 0 fully saturated rings. The summed E-state index contributed by atoms with van der Waals surface area (Å²) in [5.41, 5.74) is 1.38. The predicted octanol–water partition coefficient (Wildman–Crippen LogP) is 6.09. The number of rotatable bonds is 5. The van der Waals surface area contributed by atoms with Crippen LogP contribution in [0.25, 0.3) is 16.6 Å². The fourth-order valence-electron chi connectivity index (χ4n) is 3.80. The number of nitrogens with zero attached hydrogens (tertiary/aromatic N) is 3. The number of hydrogen-bond acceptors (Lipinski definition) is 4. The van der Waals surface area contributed by atoms with E-state index in [0.29, 0.717) is 22.3 Å². The minimum atomic E-state index is -0.747. The monoisotopic (exact) mass is 496 g/mol. The van der Waals surface area contributed by atoms with E-state index in [1.54, 1.807) is 13.0 Å². The number of aromatic nitrogens is 3. The van der Waals surface area contributed by atoms with Gasteiger partial charge in [-0.25, -0.2) is 18.2 Å². The third kappa shape index (κ3) is 4.26. The third-order valence-corrected chi connectivity index (χ3v) is 5.63. The van der Waals surface area contributed by atoms with Crippen LogP contribution < -0.4 is 10.1 Å². The standard InChI is InChI=1S/C25H16ClF3N4O2/c1-13-23(25(34)32-21-7-8-30-20-6-5-15(27)10-16(20)21)33-11-14(26)9-22(24(33)31-13)35-12-17-18(28)3-2-4-19(17)29/h2-11H,12H2,1H3,(H,30,32,34). The molecular weight excluding hydrogens is 481 g/mol. The van der Waals surface area contributed by atoms with Crippen LogP contribution in [0.15, 0.2) is 60.9 Å². The van der Waals surface area contributed by atoms with Crippen LogP contribution in [0.1, 0.15) is 21.7 Å². The second-order valence-electron chi connectivity index (χ2n) is 7.72. The number of halogens is 4. The van der Waals surface area contributed by atoms with E-state index in [9.17, 15) is 18.0 Å². The number of carbonyl (C=O) groups excluding carboxylic acids is 1. The summed E-state index contributed by atoms with van der Waals surface area (Å²) in [6.07, 6.45) is 2.98. The molecule has 5 rings (SSSR count). The zero-order valence-corrected chi connectivity index (χ0v) is 18.9. The molecule has 0 radical (unpaired) electrons. The molecule has 0 unspecified atom stereocenters. The lowest BCUT2D eigenvalue weighted by atomic mass is 10.1. The van der Waals surface area contributed by atoms with Gasteiger partial charge in [-0.2, -0.15) is 0 Å². The van der Waals surface area contributed by atoms with Gasteiger partial charge < -0.3 is 10.1 Å². The molecule has 0 saturated heterocycles. The molecule has 0 bridgehead atoms. The molecule has 176 valence electrons. The van der Waals surface area contributed by atoms with Crippen LogP contribution in [0.3, 0.4) is 0 Å². The van der Waals surface area contributed by atoms with Crippen molar-refractivity contribution in [3.8, 4) is 5.75 Å². The molecule has 0 spiro atoms. The molecule has 3 heterocycles. The van der Waals surface area contributed by atoms with Gasteiger partial charge in [-0.1, -0.05) is 17.7 Å². The van der Waals surface area contributed by atoms with E-state index >= 15 is 0 Å². The number of fused-ring (bicyclic) bond motifs is 2. The van der Waals surface area contributed by atoms with E-state index in [1.165, 1.54) is 47.1 Å². The van der Waals surface area contributed by atoms with Crippen LogP contribution in [0.2, 0.25) is 5.02 Å². The molecule has 35 heavy (non-hydrogen) atoms. The average molecular weight is 497 g/mol. The second-order valence-corrected chi connectivity index (χ2v) is 8.16. The lowest BCUT2D eigenvalue weighted by molar-refractivity contribution is 0.102. The number of imidazole rings is 1. The van der Waals surface area contributed by atoms with E-state index < -0.39 is 30.0 Å². The van der Waals surface area contributed by atoms with E-state index in [0.717, 1.165) is 12.1 Å². The van der Waals surface area contributed by atoms with Crippen molar-refractivity contribution in [3.63, 3.8) is 0 Å². The summed E-state index contributed by atoms with van der Waals surface area (Å²) in [7, 11) is 0. The lowest BCUT2D eigenvalue weighted by Crippen LogP contribution is -2.16. The van der Waals surface area contributed by atoms with Gasteiger partial charge in [-0.05, 0) is 43.3 Å².